The topological polar surface area (TPSA) is 58.4 Å². The molecular formula is C14H29N3O. The number of rotatable bonds is 8. The van der Waals surface area contributed by atoms with Gasteiger partial charge in [0.2, 0.25) is 5.91 Å². The molecule has 1 aliphatic carbocycles. The van der Waals surface area contributed by atoms with Crippen LogP contribution in [0.4, 0.5) is 0 Å². The van der Waals surface area contributed by atoms with Gasteiger partial charge in [-0.25, -0.2) is 0 Å². The average Bonchev–Trinajstić information content (AvgIpc) is 2.31. The van der Waals surface area contributed by atoms with E-state index in [4.69, 9.17) is 5.73 Å². The number of amides is 1. The van der Waals surface area contributed by atoms with Crippen LogP contribution in [0.3, 0.4) is 0 Å². The Morgan fingerprint density at radius 3 is 2.44 bits per heavy atom. The van der Waals surface area contributed by atoms with E-state index in [2.05, 4.69) is 31.0 Å². The largest absolute Gasteiger partial charge is 0.352 e. The lowest BCUT2D eigenvalue weighted by atomic mass is 9.77. The van der Waals surface area contributed by atoms with E-state index in [1.165, 1.54) is 0 Å². The van der Waals surface area contributed by atoms with Crippen LogP contribution in [0.2, 0.25) is 0 Å². The molecule has 1 saturated carbocycles. The zero-order chi connectivity index (χ0) is 13.6. The average molecular weight is 255 g/mol. The van der Waals surface area contributed by atoms with Crippen LogP contribution < -0.4 is 11.1 Å². The third-order valence-electron chi connectivity index (χ3n) is 4.08. The molecule has 0 saturated heterocycles. The van der Waals surface area contributed by atoms with Crippen LogP contribution in [0.1, 0.15) is 52.9 Å². The molecule has 1 rings (SSSR count). The first-order chi connectivity index (χ1) is 8.51. The van der Waals surface area contributed by atoms with Gasteiger partial charge in [0.1, 0.15) is 0 Å². The van der Waals surface area contributed by atoms with Crippen LogP contribution in [0.25, 0.3) is 0 Å². The minimum atomic E-state index is -0.562. The maximum atomic E-state index is 11.9. The highest BCUT2D eigenvalue weighted by atomic mass is 16.2. The molecule has 0 heterocycles. The zero-order valence-corrected chi connectivity index (χ0v) is 12.2. The van der Waals surface area contributed by atoms with Crippen LogP contribution in [0.15, 0.2) is 0 Å². The van der Waals surface area contributed by atoms with Crippen LogP contribution >= 0.6 is 0 Å². The second-order valence-corrected chi connectivity index (χ2v) is 5.55. The molecule has 0 spiro atoms. The van der Waals surface area contributed by atoms with Gasteiger partial charge in [-0.3, -0.25) is 4.79 Å². The molecule has 1 aliphatic rings. The van der Waals surface area contributed by atoms with E-state index >= 15 is 0 Å². The molecule has 4 heteroatoms. The second-order valence-electron chi connectivity index (χ2n) is 5.55. The summed E-state index contributed by atoms with van der Waals surface area (Å²) in [5.74, 6) is 0.0455. The summed E-state index contributed by atoms with van der Waals surface area (Å²) in [6.07, 6.45) is 4.91. The Kier molecular flexibility index (Phi) is 6.09. The molecule has 106 valence electrons. The lowest BCUT2D eigenvalue weighted by molar-refractivity contribution is -0.129. The quantitative estimate of drug-likeness (QED) is 0.691. The molecular weight excluding hydrogens is 226 g/mol. The highest BCUT2D eigenvalue weighted by Gasteiger charge is 2.40. The minimum Gasteiger partial charge on any atom is -0.352 e. The molecule has 0 aromatic heterocycles. The normalized spacial score (nSPS) is 19.4. The summed E-state index contributed by atoms with van der Waals surface area (Å²) in [6, 6.07) is 0.231. The second kappa shape index (κ2) is 7.10. The molecule has 0 bridgehead atoms. The highest BCUT2D eigenvalue weighted by molar-refractivity contribution is 5.87. The summed E-state index contributed by atoms with van der Waals surface area (Å²) in [6.45, 7) is 9.75. The Morgan fingerprint density at radius 1 is 1.39 bits per heavy atom. The minimum absolute atomic E-state index is 0.0455. The van der Waals surface area contributed by atoms with E-state index in [0.717, 1.165) is 51.7 Å². The van der Waals surface area contributed by atoms with Gasteiger partial charge in [0.15, 0.2) is 0 Å². The summed E-state index contributed by atoms with van der Waals surface area (Å²) in [5.41, 5.74) is 5.43. The van der Waals surface area contributed by atoms with Crippen LogP contribution in [-0.4, -0.2) is 42.0 Å². The van der Waals surface area contributed by atoms with Crippen molar-refractivity contribution in [1.82, 2.24) is 10.2 Å². The van der Waals surface area contributed by atoms with Crippen LogP contribution in [0.5, 0.6) is 0 Å². The van der Waals surface area contributed by atoms with Crippen molar-refractivity contribution < 1.29 is 4.79 Å². The van der Waals surface area contributed by atoms with Crippen molar-refractivity contribution in [2.45, 2.75) is 64.5 Å². The van der Waals surface area contributed by atoms with Crippen molar-refractivity contribution in [3.05, 3.63) is 0 Å². The van der Waals surface area contributed by atoms with Crippen LogP contribution in [0, 0.1) is 0 Å². The Labute approximate surface area is 111 Å². The number of carbonyl (C=O) groups excluding carboxylic acids is 1. The van der Waals surface area contributed by atoms with Gasteiger partial charge in [-0.05, 0) is 58.7 Å². The molecule has 1 atom stereocenters. The molecule has 1 amide bonds. The molecule has 1 unspecified atom stereocenters. The highest BCUT2D eigenvalue weighted by Crippen LogP contribution is 2.29. The van der Waals surface area contributed by atoms with Crippen LogP contribution in [-0.2, 0) is 4.79 Å². The third kappa shape index (κ3) is 4.25. The Morgan fingerprint density at radius 2 is 2.00 bits per heavy atom. The van der Waals surface area contributed by atoms with Gasteiger partial charge in [0, 0.05) is 6.04 Å². The Hall–Kier alpha value is -0.610. The smallest absolute Gasteiger partial charge is 0.240 e. The predicted octanol–water partition coefficient (Wildman–Crippen LogP) is 1.49. The first-order valence-corrected chi connectivity index (χ1v) is 7.34. The number of carbonyl (C=O) groups is 1. The number of hydrogen-bond donors (Lipinski definition) is 2. The van der Waals surface area contributed by atoms with Crippen molar-refractivity contribution in [3.63, 3.8) is 0 Å². The summed E-state index contributed by atoms with van der Waals surface area (Å²) in [4.78, 5) is 14.3. The third-order valence-corrected chi connectivity index (χ3v) is 4.08. The maximum Gasteiger partial charge on any atom is 0.240 e. The van der Waals surface area contributed by atoms with Crippen molar-refractivity contribution >= 4 is 5.91 Å². The molecule has 18 heavy (non-hydrogen) atoms. The molecule has 0 aromatic carbocycles. The SMILES string of the molecule is CCN(CC)CCCC(C)NC(=O)C1(N)CCC1. The van der Waals surface area contributed by atoms with E-state index in [1.54, 1.807) is 0 Å². The van der Waals surface area contributed by atoms with Gasteiger partial charge in [0.05, 0.1) is 5.54 Å². The molecule has 0 aromatic rings. The fourth-order valence-corrected chi connectivity index (χ4v) is 2.39. The lowest BCUT2D eigenvalue weighted by Crippen LogP contribution is -2.59. The van der Waals surface area contributed by atoms with E-state index in [9.17, 15) is 4.79 Å². The number of nitrogens with two attached hydrogens (primary N) is 1. The predicted molar refractivity (Wildman–Crippen MR) is 75.4 cm³/mol. The molecule has 4 nitrogen and oxygen atoms in total. The summed E-state index contributed by atoms with van der Waals surface area (Å²) in [5, 5.41) is 3.05. The van der Waals surface area contributed by atoms with E-state index in [1.807, 2.05) is 0 Å². The van der Waals surface area contributed by atoms with Crippen molar-refractivity contribution in [3.8, 4) is 0 Å². The summed E-state index contributed by atoms with van der Waals surface area (Å²) >= 11 is 0. The lowest BCUT2D eigenvalue weighted by Gasteiger charge is -2.37. The first kappa shape index (κ1) is 15.4. The van der Waals surface area contributed by atoms with Gasteiger partial charge in [0.25, 0.3) is 0 Å². The fourth-order valence-electron chi connectivity index (χ4n) is 2.39. The number of hydrogen-bond acceptors (Lipinski definition) is 3. The molecule has 3 N–H and O–H groups in total. The van der Waals surface area contributed by atoms with Crippen molar-refractivity contribution in [2.24, 2.45) is 5.73 Å². The van der Waals surface area contributed by atoms with Gasteiger partial charge in [-0.2, -0.15) is 0 Å². The van der Waals surface area contributed by atoms with Gasteiger partial charge < -0.3 is 16.0 Å². The Bertz CT molecular complexity index is 260. The van der Waals surface area contributed by atoms with Crippen molar-refractivity contribution in [2.75, 3.05) is 19.6 Å². The summed E-state index contributed by atoms with van der Waals surface area (Å²) < 4.78 is 0. The number of nitrogens with one attached hydrogen (secondary N) is 1. The van der Waals surface area contributed by atoms with E-state index in [-0.39, 0.29) is 11.9 Å². The first-order valence-electron chi connectivity index (χ1n) is 7.34. The molecule has 1 fully saturated rings. The standard InChI is InChI=1S/C14H29N3O/c1-4-17(5-2)11-6-8-12(3)16-13(18)14(15)9-7-10-14/h12H,4-11,15H2,1-3H3,(H,16,18). The van der Waals surface area contributed by atoms with Gasteiger partial charge in [-0.15, -0.1) is 0 Å². The van der Waals surface area contributed by atoms with Gasteiger partial charge >= 0.3 is 0 Å². The Balaban J connectivity index is 2.17. The van der Waals surface area contributed by atoms with E-state index < -0.39 is 5.54 Å². The molecule has 0 radical (unpaired) electrons. The maximum absolute atomic E-state index is 11.9. The zero-order valence-electron chi connectivity index (χ0n) is 12.2. The van der Waals surface area contributed by atoms with Gasteiger partial charge in [-0.1, -0.05) is 13.8 Å². The fraction of sp³-hybridized carbons (Fsp3) is 0.929. The number of nitrogens with zero attached hydrogens (tertiary/aromatic N) is 1. The van der Waals surface area contributed by atoms with Crippen molar-refractivity contribution in [1.29, 1.82) is 0 Å². The van der Waals surface area contributed by atoms with E-state index in [0.29, 0.717) is 0 Å². The summed E-state index contributed by atoms with van der Waals surface area (Å²) in [7, 11) is 0. The monoisotopic (exact) mass is 255 g/mol. The molecule has 0 aliphatic heterocycles.